The minimum atomic E-state index is -0.345. The molecule has 0 saturated heterocycles. The highest BCUT2D eigenvalue weighted by Crippen LogP contribution is 2.27. The summed E-state index contributed by atoms with van der Waals surface area (Å²) < 4.78 is 15.5. The van der Waals surface area contributed by atoms with Gasteiger partial charge < -0.3 is 9.47 Å². The number of amides is 1. The molecule has 112 valence electrons. The van der Waals surface area contributed by atoms with Crippen molar-refractivity contribution in [3.05, 3.63) is 30.1 Å². The van der Waals surface area contributed by atoms with E-state index in [-0.39, 0.29) is 17.0 Å². The van der Waals surface area contributed by atoms with Crippen molar-refractivity contribution in [1.82, 2.24) is 19.7 Å². The molecule has 1 heterocycles. The maximum absolute atomic E-state index is 13.8. The Hall–Kier alpha value is -1.89. The molecular weight excluding hydrogens is 291 g/mol. The summed E-state index contributed by atoms with van der Waals surface area (Å²) in [4.78, 5) is 13.4. The van der Waals surface area contributed by atoms with Crippen molar-refractivity contribution in [3.8, 4) is 11.4 Å². The molecule has 0 N–H and O–H groups in total. The van der Waals surface area contributed by atoms with E-state index in [9.17, 15) is 9.18 Å². The number of halogens is 1. The lowest BCUT2D eigenvalue weighted by Crippen LogP contribution is -2.29. The topological polar surface area (TPSA) is 51.0 Å². The number of nitrogens with zero attached hydrogens (tertiary/aromatic N) is 4. The summed E-state index contributed by atoms with van der Waals surface area (Å²) in [6.07, 6.45) is 0. The van der Waals surface area contributed by atoms with E-state index in [1.807, 2.05) is 6.92 Å². The van der Waals surface area contributed by atoms with E-state index >= 15 is 0 Å². The van der Waals surface area contributed by atoms with Crippen LogP contribution in [-0.2, 0) is 11.8 Å². The molecule has 2 aromatic rings. The highest BCUT2D eigenvalue weighted by molar-refractivity contribution is 8.00. The summed E-state index contributed by atoms with van der Waals surface area (Å²) in [5.41, 5.74) is 0.394. The Balaban J connectivity index is 2.26. The molecule has 0 bridgehead atoms. The van der Waals surface area contributed by atoms with Crippen molar-refractivity contribution >= 4 is 17.7 Å². The molecule has 7 heteroatoms. The fourth-order valence-electron chi connectivity index (χ4n) is 1.87. The van der Waals surface area contributed by atoms with Crippen LogP contribution < -0.4 is 0 Å². The summed E-state index contributed by atoms with van der Waals surface area (Å²) in [6.45, 7) is 1.81. The van der Waals surface area contributed by atoms with Gasteiger partial charge >= 0.3 is 0 Å². The summed E-state index contributed by atoms with van der Waals surface area (Å²) in [5, 5.41) is 8.38. The van der Waals surface area contributed by atoms with Crippen LogP contribution in [0.1, 0.15) is 6.92 Å². The van der Waals surface area contributed by atoms with Crippen LogP contribution in [0.15, 0.2) is 29.4 Å². The highest BCUT2D eigenvalue weighted by Gasteiger charge is 2.21. The number of rotatable bonds is 4. The van der Waals surface area contributed by atoms with Crippen molar-refractivity contribution in [1.29, 1.82) is 0 Å². The van der Waals surface area contributed by atoms with Gasteiger partial charge in [0, 0.05) is 21.1 Å². The van der Waals surface area contributed by atoms with E-state index in [0.717, 1.165) is 0 Å². The third-order valence-corrected chi connectivity index (χ3v) is 4.14. The van der Waals surface area contributed by atoms with Gasteiger partial charge in [-0.2, -0.15) is 0 Å². The highest BCUT2D eigenvalue weighted by atomic mass is 32.2. The number of benzene rings is 1. The van der Waals surface area contributed by atoms with E-state index in [1.165, 1.54) is 22.7 Å². The van der Waals surface area contributed by atoms with Crippen LogP contribution in [0.3, 0.4) is 0 Å². The zero-order valence-corrected chi connectivity index (χ0v) is 13.2. The minimum Gasteiger partial charge on any atom is -0.348 e. The van der Waals surface area contributed by atoms with Crippen LogP contribution in [-0.4, -0.2) is 44.9 Å². The van der Waals surface area contributed by atoms with E-state index in [4.69, 9.17) is 0 Å². The summed E-state index contributed by atoms with van der Waals surface area (Å²) in [7, 11) is 5.18. The molecule has 0 unspecified atom stereocenters. The summed E-state index contributed by atoms with van der Waals surface area (Å²) in [6, 6.07) is 6.41. The first-order chi connectivity index (χ1) is 9.91. The van der Waals surface area contributed by atoms with Crippen LogP contribution in [0.4, 0.5) is 4.39 Å². The maximum Gasteiger partial charge on any atom is 0.235 e. The average molecular weight is 308 g/mol. The van der Waals surface area contributed by atoms with Crippen molar-refractivity contribution in [2.45, 2.75) is 17.3 Å². The van der Waals surface area contributed by atoms with Gasteiger partial charge in [-0.3, -0.25) is 4.79 Å². The minimum absolute atomic E-state index is 0.00422. The van der Waals surface area contributed by atoms with Gasteiger partial charge in [0.2, 0.25) is 5.91 Å². The second kappa shape index (κ2) is 6.26. The van der Waals surface area contributed by atoms with Gasteiger partial charge in [-0.1, -0.05) is 23.9 Å². The van der Waals surface area contributed by atoms with Crippen molar-refractivity contribution in [2.75, 3.05) is 14.1 Å². The monoisotopic (exact) mass is 308 g/mol. The second-order valence-corrected chi connectivity index (χ2v) is 6.15. The van der Waals surface area contributed by atoms with Gasteiger partial charge in [0.25, 0.3) is 0 Å². The second-order valence-electron chi connectivity index (χ2n) is 4.84. The van der Waals surface area contributed by atoms with Crippen LogP contribution >= 0.6 is 11.8 Å². The fraction of sp³-hybridized carbons (Fsp3) is 0.357. The first-order valence-electron chi connectivity index (χ1n) is 6.44. The largest absolute Gasteiger partial charge is 0.348 e. The van der Waals surface area contributed by atoms with Crippen LogP contribution in [0.2, 0.25) is 0 Å². The Morgan fingerprint density at radius 1 is 1.33 bits per heavy atom. The summed E-state index contributed by atoms with van der Waals surface area (Å²) >= 11 is 1.30. The van der Waals surface area contributed by atoms with Crippen LogP contribution in [0.5, 0.6) is 0 Å². The van der Waals surface area contributed by atoms with Crippen molar-refractivity contribution in [2.24, 2.45) is 7.05 Å². The van der Waals surface area contributed by atoms with E-state index in [2.05, 4.69) is 10.2 Å². The summed E-state index contributed by atoms with van der Waals surface area (Å²) in [5.74, 6) is 0.0949. The zero-order valence-electron chi connectivity index (χ0n) is 12.4. The Kier molecular flexibility index (Phi) is 4.62. The lowest BCUT2D eigenvalue weighted by Gasteiger charge is -2.15. The van der Waals surface area contributed by atoms with Crippen LogP contribution in [0.25, 0.3) is 11.4 Å². The number of hydrogen-bond donors (Lipinski definition) is 0. The van der Waals surface area contributed by atoms with Gasteiger partial charge in [0.1, 0.15) is 5.82 Å². The van der Waals surface area contributed by atoms with E-state index < -0.39 is 0 Å². The molecule has 1 aromatic heterocycles. The molecule has 0 fully saturated rings. The molecule has 0 radical (unpaired) electrons. The zero-order chi connectivity index (χ0) is 15.6. The predicted molar refractivity (Wildman–Crippen MR) is 80.4 cm³/mol. The fourth-order valence-corrected chi connectivity index (χ4v) is 2.83. The molecule has 1 amide bonds. The third-order valence-electron chi connectivity index (χ3n) is 3.02. The quantitative estimate of drug-likeness (QED) is 0.813. The number of carbonyl (C=O) groups excluding carboxylic acids is 1. The molecule has 0 aliphatic heterocycles. The Morgan fingerprint density at radius 3 is 2.62 bits per heavy atom. The average Bonchev–Trinajstić information content (AvgIpc) is 2.80. The number of hydrogen-bond acceptors (Lipinski definition) is 4. The molecule has 1 atom stereocenters. The first kappa shape index (κ1) is 15.5. The van der Waals surface area contributed by atoms with Crippen LogP contribution in [0, 0.1) is 5.82 Å². The normalized spacial score (nSPS) is 12.2. The number of aromatic nitrogens is 3. The maximum atomic E-state index is 13.8. The Morgan fingerprint density at radius 2 is 2.00 bits per heavy atom. The smallest absolute Gasteiger partial charge is 0.235 e. The predicted octanol–water partition coefficient (Wildman–Crippen LogP) is 2.19. The molecule has 0 aliphatic carbocycles. The lowest BCUT2D eigenvalue weighted by atomic mass is 10.2. The van der Waals surface area contributed by atoms with Gasteiger partial charge in [0.15, 0.2) is 11.0 Å². The molecule has 2 rings (SSSR count). The molecular formula is C14H17FN4OS. The standard InChI is InChI=1S/C14H17FN4OS/c1-9(13(20)18(2)3)21-14-17-16-12(19(14)4)10-7-5-6-8-11(10)15/h5-9H,1-4H3/t9-/m1/s1. The molecule has 0 spiro atoms. The van der Waals surface area contributed by atoms with Gasteiger partial charge in [-0.15, -0.1) is 10.2 Å². The van der Waals surface area contributed by atoms with Gasteiger partial charge in [-0.25, -0.2) is 4.39 Å². The molecule has 0 aliphatic rings. The number of thioether (sulfide) groups is 1. The third kappa shape index (κ3) is 3.24. The molecule has 21 heavy (non-hydrogen) atoms. The van der Waals surface area contributed by atoms with Gasteiger partial charge in [-0.05, 0) is 19.1 Å². The van der Waals surface area contributed by atoms with E-state index in [1.54, 1.807) is 43.9 Å². The number of carbonyl (C=O) groups is 1. The van der Waals surface area contributed by atoms with Crippen molar-refractivity contribution < 1.29 is 9.18 Å². The Bertz CT molecular complexity index is 656. The van der Waals surface area contributed by atoms with Crippen molar-refractivity contribution in [3.63, 3.8) is 0 Å². The Labute approximate surface area is 127 Å². The molecule has 0 saturated carbocycles. The SMILES string of the molecule is C[C@@H](Sc1nnc(-c2ccccc2F)n1C)C(=O)N(C)C. The lowest BCUT2D eigenvalue weighted by molar-refractivity contribution is -0.127. The van der Waals surface area contributed by atoms with E-state index in [0.29, 0.717) is 16.5 Å². The molecule has 1 aromatic carbocycles. The molecule has 5 nitrogen and oxygen atoms in total. The van der Waals surface area contributed by atoms with Gasteiger partial charge in [0.05, 0.1) is 10.8 Å². The first-order valence-corrected chi connectivity index (χ1v) is 7.32.